The van der Waals surface area contributed by atoms with Crippen molar-refractivity contribution < 1.29 is 4.79 Å². The van der Waals surface area contributed by atoms with E-state index in [2.05, 4.69) is 28.8 Å². The number of hydrogen-bond acceptors (Lipinski definition) is 6. The van der Waals surface area contributed by atoms with Crippen LogP contribution in [0.5, 0.6) is 0 Å². The monoisotopic (exact) mass is 430 g/mol. The van der Waals surface area contributed by atoms with Crippen LogP contribution in [0, 0.1) is 6.92 Å². The van der Waals surface area contributed by atoms with Gasteiger partial charge in [0.15, 0.2) is 5.16 Å². The Labute approximate surface area is 177 Å². The first-order valence-corrected chi connectivity index (χ1v) is 11.2. The maximum atomic E-state index is 13.2. The number of rotatable bonds is 4. The first-order chi connectivity index (χ1) is 13.3. The second kappa shape index (κ2) is 7.13. The van der Waals surface area contributed by atoms with Crippen LogP contribution in [0.4, 0.5) is 0 Å². The Balaban J connectivity index is 1.71. The molecule has 144 valence electrons. The molecule has 1 amide bonds. The van der Waals surface area contributed by atoms with Gasteiger partial charge in [-0.25, -0.2) is 15.0 Å². The maximum Gasteiger partial charge on any atom is 0.274 e. The van der Waals surface area contributed by atoms with Crippen LogP contribution in [-0.4, -0.2) is 32.0 Å². The van der Waals surface area contributed by atoms with Gasteiger partial charge in [0, 0.05) is 17.8 Å². The number of thiazole rings is 1. The fourth-order valence-electron chi connectivity index (χ4n) is 3.31. The zero-order valence-electron chi connectivity index (χ0n) is 16.0. The van der Waals surface area contributed by atoms with Crippen molar-refractivity contribution in [1.29, 1.82) is 0 Å². The van der Waals surface area contributed by atoms with E-state index in [9.17, 15) is 4.79 Å². The molecule has 0 spiro atoms. The number of carbonyl (C=O) groups is 1. The number of fused-ring (bicyclic) bond motifs is 1. The summed E-state index contributed by atoms with van der Waals surface area (Å²) in [6.45, 7) is 6.57. The van der Waals surface area contributed by atoms with Gasteiger partial charge in [0.2, 0.25) is 0 Å². The highest BCUT2D eigenvalue weighted by atomic mass is 35.5. The van der Waals surface area contributed by atoms with Gasteiger partial charge in [-0.05, 0) is 50.3 Å². The van der Waals surface area contributed by atoms with Crippen LogP contribution < -0.4 is 0 Å². The predicted octanol–water partition coefficient (Wildman–Crippen LogP) is 5.17. The number of thioether (sulfide) groups is 1. The molecule has 0 N–H and O–H groups in total. The first-order valence-electron chi connectivity index (χ1n) is 8.77. The van der Waals surface area contributed by atoms with Crippen molar-refractivity contribution >= 4 is 40.6 Å². The van der Waals surface area contributed by atoms with E-state index in [0.717, 1.165) is 26.7 Å². The minimum Gasteiger partial charge on any atom is -0.323 e. The second-order valence-corrected chi connectivity index (χ2v) is 9.37. The molecule has 4 rings (SSSR count). The van der Waals surface area contributed by atoms with Crippen LogP contribution in [0.3, 0.4) is 0 Å². The Morgan fingerprint density at radius 1 is 1.25 bits per heavy atom. The molecule has 1 aliphatic heterocycles. The van der Waals surface area contributed by atoms with Gasteiger partial charge in [0.1, 0.15) is 16.4 Å². The summed E-state index contributed by atoms with van der Waals surface area (Å²) in [6.07, 6.45) is 3.75. The predicted molar refractivity (Wildman–Crippen MR) is 114 cm³/mol. The maximum absolute atomic E-state index is 13.2. The SMILES string of the molecule is CSc1ncc(C)c(-c2nc3c(s2)C(C)(C)N(Cc2cccc(Cl)c2)C3=O)n1. The normalized spacial score (nSPS) is 15.2. The highest BCUT2D eigenvalue weighted by Crippen LogP contribution is 2.45. The molecule has 0 bridgehead atoms. The molecular weight excluding hydrogens is 412 g/mol. The van der Waals surface area contributed by atoms with Crippen LogP contribution in [0.1, 0.15) is 40.3 Å². The molecule has 5 nitrogen and oxygen atoms in total. The molecule has 1 aliphatic rings. The Hall–Kier alpha value is -1.96. The van der Waals surface area contributed by atoms with Crippen LogP contribution in [0.2, 0.25) is 5.02 Å². The summed E-state index contributed by atoms with van der Waals surface area (Å²) in [4.78, 5) is 29.6. The zero-order valence-corrected chi connectivity index (χ0v) is 18.4. The highest BCUT2D eigenvalue weighted by Gasteiger charge is 2.46. The van der Waals surface area contributed by atoms with Gasteiger partial charge in [0.05, 0.1) is 10.4 Å². The average molecular weight is 431 g/mol. The summed E-state index contributed by atoms with van der Waals surface area (Å²) in [5.74, 6) is -0.0562. The second-order valence-electron chi connectivity index (χ2n) is 7.17. The lowest BCUT2D eigenvalue weighted by Crippen LogP contribution is -2.38. The Morgan fingerprint density at radius 3 is 2.71 bits per heavy atom. The highest BCUT2D eigenvalue weighted by molar-refractivity contribution is 7.98. The first kappa shape index (κ1) is 19.4. The third-order valence-corrected chi connectivity index (χ3v) is 7.04. The number of amides is 1. The minimum absolute atomic E-state index is 0.0562. The van der Waals surface area contributed by atoms with E-state index in [4.69, 9.17) is 11.6 Å². The van der Waals surface area contributed by atoms with Gasteiger partial charge < -0.3 is 4.90 Å². The lowest BCUT2D eigenvalue weighted by Gasteiger charge is -2.32. The molecule has 0 saturated carbocycles. The number of halogens is 1. The van der Waals surface area contributed by atoms with E-state index in [1.165, 1.54) is 23.1 Å². The average Bonchev–Trinajstić information content (AvgIpc) is 3.17. The van der Waals surface area contributed by atoms with Gasteiger partial charge >= 0.3 is 0 Å². The lowest BCUT2D eigenvalue weighted by molar-refractivity contribution is 0.0595. The van der Waals surface area contributed by atoms with Crippen molar-refractivity contribution in [3.8, 4) is 10.7 Å². The molecule has 0 atom stereocenters. The van der Waals surface area contributed by atoms with Gasteiger partial charge in [0.25, 0.3) is 5.91 Å². The van der Waals surface area contributed by atoms with Crippen LogP contribution >= 0.6 is 34.7 Å². The number of hydrogen-bond donors (Lipinski definition) is 0. The molecule has 0 radical (unpaired) electrons. The van der Waals surface area contributed by atoms with Crippen molar-refractivity contribution in [3.63, 3.8) is 0 Å². The number of carbonyl (C=O) groups excluding carboxylic acids is 1. The number of aromatic nitrogens is 3. The Morgan fingerprint density at radius 2 is 2.04 bits per heavy atom. The Kier molecular flexibility index (Phi) is 4.93. The molecule has 8 heteroatoms. The van der Waals surface area contributed by atoms with Crippen molar-refractivity contribution in [2.45, 2.75) is 38.0 Å². The van der Waals surface area contributed by atoms with E-state index < -0.39 is 5.54 Å². The Bertz CT molecular complexity index is 1080. The topological polar surface area (TPSA) is 59.0 Å². The number of aryl methyl sites for hydroxylation is 1. The van der Waals surface area contributed by atoms with Crippen molar-refractivity contribution in [2.75, 3.05) is 6.26 Å². The quantitative estimate of drug-likeness (QED) is 0.422. The summed E-state index contributed by atoms with van der Waals surface area (Å²) < 4.78 is 0. The molecule has 0 aliphatic carbocycles. The van der Waals surface area contributed by atoms with E-state index in [-0.39, 0.29) is 5.91 Å². The van der Waals surface area contributed by atoms with Crippen LogP contribution in [-0.2, 0) is 12.1 Å². The third-order valence-electron chi connectivity index (χ3n) is 4.87. The lowest BCUT2D eigenvalue weighted by atomic mass is 10.0. The van der Waals surface area contributed by atoms with Gasteiger partial charge in [-0.2, -0.15) is 0 Å². The number of nitrogens with zero attached hydrogens (tertiary/aromatic N) is 4. The summed E-state index contributed by atoms with van der Waals surface area (Å²) in [5, 5.41) is 2.13. The molecular formula is C20H19ClN4OS2. The van der Waals surface area contributed by atoms with E-state index in [0.29, 0.717) is 22.4 Å². The molecule has 28 heavy (non-hydrogen) atoms. The molecule has 3 heterocycles. The van der Waals surface area contributed by atoms with Crippen LogP contribution in [0.15, 0.2) is 35.6 Å². The zero-order chi connectivity index (χ0) is 20.1. The van der Waals surface area contributed by atoms with Crippen LogP contribution in [0.25, 0.3) is 10.7 Å². The molecule has 0 fully saturated rings. The molecule has 0 saturated heterocycles. The summed E-state index contributed by atoms with van der Waals surface area (Å²) >= 11 is 9.13. The minimum atomic E-state index is -0.450. The summed E-state index contributed by atoms with van der Waals surface area (Å²) in [7, 11) is 0. The fourth-order valence-corrected chi connectivity index (χ4v) is 5.09. The van der Waals surface area contributed by atoms with E-state index >= 15 is 0 Å². The van der Waals surface area contributed by atoms with Gasteiger partial charge in [-0.1, -0.05) is 35.5 Å². The fraction of sp³-hybridized carbons (Fsp3) is 0.300. The summed E-state index contributed by atoms with van der Waals surface area (Å²) in [6, 6.07) is 7.61. The molecule has 2 aromatic heterocycles. The van der Waals surface area contributed by atoms with Gasteiger partial charge in [-0.15, -0.1) is 11.3 Å². The molecule has 3 aromatic rings. The molecule has 0 unspecified atom stereocenters. The van der Waals surface area contributed by atoms with Gasteiger partial charge in [-0.3, -0.25) is 4.79 Å². The largest absolute Gasteiger partial charge is 0.323 e. The summed E-state index contributed by atoms with van der Waals surface area (Å²) in [5.41, 5.74) is 2.82. The standard InChI is InChI=1S/C20H19ClN4OS2/c1-11-9-22-19(27-4)24-14(11)17-23-15-16(28-17)20(2,3)25(18(15)26)10-12-6-5-7-13(21)8-12/h5-9H,10H2,1-4H3. The van der Waals surface area contributed by atoms with Crippen molar-refractivity contribution in [2.24, 2.45) is 0 Å². The van der Waals surface area contributed by atoms with Crippen molar-refractivity contribution in [3.05, 3.63) is 57.2 Å². The third kappa shape index (κ3) is 3.21. The number of benzene rings is 1. The van der Waals surface area contributed by atoms with Crippen molar-refractivity contribution in [1.82, 2.24) is 19.9 Å². The van der Waals surface area contributed by atoms with E-state index in [1.807, 2.05) is 42.3 Å². The molecule has 1 aromatic carbocycles. The smallest absolute Gasteiger partial charge is 0.274 e. The van der Waals surface area contributed by atoms with E-state index in [1.54, 1.807) is 6.20 Å².